The van der Waals surface area contributed by atoms with Crippen LogP contribution in [0.5, 0.6) is 11.5 Å². The van der Waals surface area contributed by atoms with Gasteiger partial charge >= 0.3 is 12.0 Å². The first-order valence-corrected chi connectivity index (χ1v) is 9.51. The molecule has 8 heteroatoms. The van der Waals surface area contributed by atoms with Crippen molar-refractivity contribution in [1.29, 1.82) is 0 Å². The predicted molar refractivity (Wildman–Crippen MR) is 110 cm³/mol. The molecule has 160 valence electrons. The number of benzene rings is 2. The van der Waals surface area contributed by atoms with Crippen LogP contribution in [0.15, 0.2) is 48.5 Å². The SMILES string of the molecule is CCNC(=O)NC(=O)[C@H](OC(=O)CCc1cc(OC)cc(OC)c1)c1ccccc1. The number of carbonyl (C=O) groups is 3. The van der Waals surface area contributed by atoms with E-state index >= 15 is 0 Å². The van der Waals surface area contributed by atoms with Gasteiger partial charge in [-0.15, -0.1) is 0 Å². The molecule has 0 radical (unpaired) electrons. The number of carbonyl (C=O) groups excluding carboxylic acids is 3. The third-order valence-electron chi connectivity index (χ3n) is 4.19. The van der Waals surface area contributed by atoms with Crippen LogP contribution in [0.3, 0.4) is 0 Å². The van der Waals surface area contributed by atoms with Gasteiger partial charge in [0.05, 0.1) is 14.2 Å². The van der Waals surface area contributed by atoms with Crippen LogP contribution in [0.4, 0.5) is 4.79 Å². The van der Waals surface area contributed by atoms with E-state index in [0.717, 1.165) is 5.56 Å². The van der Waals surface area contributed by atoms with Gasteiger partial charge in [0.2, 0.25) is 6.10 Å². The highest BCUT2D eigenvalue weighted by atomic mass is 16.5. The Morgan fingerprint density at radius 2 is 1.60 bits per heavy atom. The van der Waals surface area contributed by atoms with E-state index in [1.54, 1.807) is 69.7 Å². The van der Waals surface area contributed by atoms with Crippen molar-refractivity contribution in [1.82, 2.24) is 10.6 Å². The number of imide groups is 1. The van der Waals surface area contributed by atoms with Gasteiger partial charge in [-0.25, -0.2) is 4.79 Å². The van der Waals surface area contributed by atoms with E-state index in [2.05, 4.69) is 10.6 Å². The molecule has 0 unspecified atom stereocenters. The highest BCUT2D eigenvalue weighted by molar-refractivity contribution is 5.97. The molecule has 0 bridgehead atoms. The molecule has 0 spiro atoms. The summed E-state index contributed by atoms with van der Waals surface area (Å²) >= 11 is 0. The number of hydrogen-bond donors (Lipinski definition) is 2. The average Bonchev–Trinajstić information content (AvgIpc) is 2.76. The molecule has 30 heavy (non-hydrogen) atoms. The van der Waals surface area contributed by atoms with Crippen LogP contribution in [0.1, 0.15) is 30.6 Å². The lowest BCUT2D eigenvalue weighted by Crippen LogP contribution is -2.42. The number of aryl methyl sites for hydroxylation is 1. The van der Waals surface area contributed by atoms with Crippen molar-refractivity contribution in [2.75, 3.05) is 20.8 Å². The molecule has 8 nitrogen and oxygen atoms in total. The average molecular weight is 414 g/mol. The summed E-state index contributed by atoms with van der Waals surface area (Å²) in [5.74, 6) is -0.0670. The molecule has 3 amide bonds. The molecule has 0 fully saturated rings. The third-order valence-corrected chi connectivity index (χ3v) is 4.19. The number of hydrogen-bond acceptors (Lipinski definition) is 6. The van der Waals surface area contributed by atoms with Gasteiger partial charge < -0.3 is 19.5 Å². The van der Waals surface area contributed by atoms with Crippen LogP contribution in [-0.2, 0) is 20.7 Å². The summed E-state index contributed by atoms with van der Waals surface area (Å²) in [6, 6.07) is 13.2. The van der Waals surface area contributed by atoms with E-state index in [-0.39, 0.29) is 6.42 Å². The lowest BCUT2D eigenvalue weighted by Gasteiger charge is -2.18. The van der Waals surface area contributed by atoms with Gasteiger partial charge in [0, 0.05) is 24.6 Å². The Hall–Kier alpha value is -3.55. The van der Waals surface area contributed by atoms with Gasteiger partial charge in [-0.2, -0.15) is 0 Å². The van der Waals surface area contributed by atoms with Crippen LogP contribution in [0.2, 0.25) is 0 Å². The number of ether oxygens (including phenoxy) is 3. The van der Waals surface area contributed by atoms with Crippen molar-refractivity contribution in [2.45, 2.75) is 25.9 Å². The van der Waals surface area contributed by atoms with Crippen molar-refractivity contribution in [3.05, 3.63) is 59.7 Å². The maximum absolute atomic E-state index is 12.5. The second-order valence-corrected chi connectivity index (χ2v) is 6.35. The first-order chi connectivity index (χ1) is 14.5. The summed E-state index contributed by atoms with van der Waals surface area (Å²) in [6.07, 6.45) is -0.832. The number of nitrogens with one attached hydrogen (secondary N) is 2. The fourth-order valence-corrected chi connectivity index (χ4v) is 2.73. The first kappa shape index (κ1) is 22.7. The number of esters is 1. The van der Waals surface area contributed by atoms with E-state index < -0.39 is 24.0 Å². The van der Waals surface area contributed by atoms with Crippen molar-refractivity contribution < 1.29 is 28.6 Å². The second kappa shape index (κ2) is 11.5. The largest absolute Gasteiger partial charge is 0.497 e. The summed E-state index contributed by atoms with van der Waals surface area (Å²) < 4.78 is 15.9. The molecular weight excluding hydrogens is 388 g/mol. The Balaban J connectivity index is 2.07. The van der Waals surface area contributed by atoms with E-state index in [0.29, 0.717) is 30.0 Å². The Bertz CT molecular complexity index is 847. The Morgan fingerprint density at radius 1 is 0.967 bits per heavy atom. The zero-order chi connectivity index (χ0) is 21.9. The van der Waals surface area contributed by atoms with E-state index in [1.807, 2.05) is 0 Å². The van der Waals surface area contributed by atoms with Crippen LogP contribution >= 0.6 is 0 Å². The normalized spacial score (nSPS) is 11.2. The van der Waals surface area contributed by atoms with Gasteiger partial charge in [-0.3, -0.25) is 14.9 Å². The molecule has 0 aliphatic heterocycles. The zero-order valence-electron chi connectivity index (χ0n) is 17.3. The number of amides is 3. The highest BCUT2D eigenvalue weighted by Crippen LogP contribution is 2.24. The molecule has 2 rings (SSSR count). The summed E-state index contributed by atoms with van der Waals surface area (Å²) in [5.41, 5.74) is 1.29. The summed E-state index contributed by atoms with van der Waals surface area (Å²) in [7, 11) is 3.09. The maximum Gasteiger partial charge on any atom is 0.321 e. The third kappa shape index (κ3) is 6.80. The van der Waals surface area contributed by atoms with Gasteiger partial charge in [0.1, 0.15) is 11.5 Å². The molecule has 0 aliphatic rings. The molecule has 0 saturated heterocycles. The first-order valence-electron chi connectivity index (χ1n) is 9.51. The predicted octanol–water partition coefficient (Wildman–Crippen LogP) is 2.77. The lowest BCUT2D eigenvalue weighted by molar-refractivity contribution is -0.156. The molecule has 0 heterocycles. The molecule has 0 aliphatic carbocycles. The minimum Gasteiger partial charge on any atom is -0.497 e. The highest BCUT2D eigenvalue weighted by Gasteiger charge is 2.26. The minimum absolute atomic E-state index is 0.0358. The standard InChI is InChI=1S/C22H26N2O6/c1-4-23-22(27)24-21(26)20(16-8-6-5-7-9-16)30-19(25)11-10-15-12-17(28-2)14-18(13-15)29-3/h5-9,12-14,20H,4,10-11H2,1-3H3,(H2,23,24,26,27)/t20-/m1/s1. The topological polar surface area (TPSA) is 103 Å². The van der Waals surface area contributed by atoms with E-state index in [9.17, 15) is 14.4 Å². The Labute approximate surface area is 175 Å². The van der Waals surface area contributed by atoms with Gasteiger partial charge in [-0.05, 0) is 31.0 Å². The van der Waals surface area contributed by atoms with Gasteiger partial charge in [0.25, 0.3) is 5.91 Å². The van der Waals surface area contributed by atoms with Crippen LogP contribution in [0, 0.1) is 0 Å². The van der Waals surface area contributed by atoms with Crippen molar-refractivity contribution >= 4 is 17.9 Å². The summed E-state index contributed by atoms with van der Waals surface area (Å²) in [6.45, 7) is 2.09. The Kier molecular flexibility index (Phi) is 8.68. The maximum atomic E-state index is 12.5. The number of rotatable bonds is 9. The van der Waals surface area contributed by atoms with Gasteiger partial charge in [0.15, 0.2) is 0 Å². The molecular formula is C22H26N2O6. The quantitative estimate of drug-likeness (QED) is 0.612. The van der Waals surface area contributed by atoms with Crippen LogP contribution in [-0.4, -0.2) is 38.7 Å². The fraction of sp³-hybridized carbons (Fsp3) is 0.318. The second-order valence-electron chi connectivity index (χ2n) is 6.35. The van der Waals surface area contributed by atoms with Crippen molar-refractivity contribution in [3.8, 4) is 11.5 Å². The molecule has 2 N–H and O–H groups in total. The summed E-state index contributed by atoms with van der Waals surface area (Å²) in [5, 5.41) is 4.66. The Morgan fingerprint density at radius 3 is 2.17 bits per heavy atom. The zero-order valence-corrected chi connectivity index (χ0v) is 17.3. The van der Waals surface area contributed by atoms with E-state index in [1.165, 1.54) is 0 Å². The number of methoxy groups -OCH3 is 2. The molecule has 1 atom stereocenters. The van der Waals surface area contributed by atoms with Gasteiger partial charge in [-0.1, -0.05) is 30.3 Å². The van der Waals surface area contributed by atoms with E-state index in [4.69, 9.17) is 14.2 Å². The smallest absolute Gasteiger partial charge is 0.321 e. The molecule has 2 aromatic rings. The molecule has 2 aromatic carbocycles. The van der Waals surface area contributed by atoms with Crippen molar-refractivity contribution in [3.63, 3.8) is 0 Å². The van der Waals surface area contributed by atoms with Crippen LogP contribution in [0.25, 0.3) is 0 Å². The monoisotopic (exact) mass is 414 g/mol. The fourth-order valence-electron chi connectivity index (χ4n) is 2.73. The number of urea groups is 1. The molecule has 0 saturated carbocycles. The van der Waals surface area contributed by atoms with Crippen LogP contribution < -0.4 is 20.1 Å². The summed E-state index contributed by atoms with van der Waals surface area (Å²) in [4.78, 5) is 36.7. The minimum atomic E-state index is -1.24. The lowest BCUT2D eigenvalue weighted by atomic mass is 10.1. The molecule has 0 aromatic heterocycles. The van der Waals surface area contributed by atoms with Crippen molar-refractivity contribution in [2.24, 2.45) is 0 Å².